The average molecular weight is 167 g/mol. The van der Waals surface area contributed by atoms with Gasteiger partial charge in [0.25, 0.3) is 0 Å². The van der Waals surface area contributed by atoms with E-state index < -0.39 is 6.03 Å². The quantitative estimate of drug-likeness (QED) is 0.430. The largest absolute Gasteiger partial charge is 0.390 e. The summed E-state index contributed by atoms with van der Waals surface area (Å²) in [5.41, 5.74) is 0. The van der Waals surface area contributed by atoms with Crippen LogP contribution in [-0.4, -0.2) is 24.5 Å². The van der Waals surface area contributed by atoms with Gasteiger partial charge in [0, 0.05) is 6.54 Å². The van der Waals surface area contributed by atoms with Gasteiger partial charge in [0.15, 0.2) is 0 Å². The third-order valence-corrected chi connectivity index (χ3v) is 2.06. The highest BCUT2D eigenvalue weighted by molar-refractivity contribution is 5.99. The maximum atomic E-state index is 11.2. The maximum Gasteiger partial charge on any atom is 0.321 e. The monoisotopic (exact) mass is 167 g/mol. The molecule has 2 heterocycles. The summed E-state index contributed by atoms with van der Waals surface area (Å²) in [7, 11) is 0. The molecule has 0 aliphatic carbocycles. The summed E-state index contributed by atoms with van der Waals surface area (Å²) in [5.74, 6) is -0.381. The lowest BCUT2D eigenvalue weighted by atomic mass is 9.95. The topological polar surface area (TPSA) is 70.2 Å². The van der Waals surface area contributed by atoms with Crippen molar-refractivity contribution in [1.82, 2.24) is 16.0 Å². The summed E-state index contributed by atoms with van der Waals surface area (Å²) < 4.78 is 0. The van der Waals surface area contributed by atoms with Gasteiger partial charge in [-0.25, -0.2) is 4.79 Å². The molecule has 5 heteroatoms. The maximum absolute atomic E-state index is 11.2. The van der Waals surface area contributed by atoms with Crippen LogP contribution in [0.5, 0.6) is 0 Å². The molecular formula is C7H9N3O2. The van der Waals surface area contributed by atoms with Crippen LogP contribution in [-0.2, 0) is 4.79 Å². The summed E-state index contributed by atoms with van der Waals surface area (Å²) >= 11 is 0. The van der Waals surface area contributed by atoms with Crippen molar-refractivity contribution in [1.29, 1.82) is 0 Å². The van der Waals surface area contributed by atoms with Crippen LogP contribution in [0.3, 0.4) is 0 Å². The van der Waals surface area contributed by atoms with Crippen LogP contribution in [0.2, 0.25) is 0 Å². The van der Waals surface area contributed by atoms with Crippen LogP contribution in [0.4, 0.5) is 4.79 Å². The second-order valence-electron chi connectivity index (χ2n) is 2.86. The normalized spacial score (nSPS) is 33.0. The Morgan fingerprint density at radius 3 is 3.08 bits per heavy atom. The number of hydrogen-bond donors (Lipinski definition) is 3. The fraction of sp³-hybridized carbons (Fsp3) is 0.429. The zero-order valence-electron chi connectivity index (χ0n) is 6.33. The van der Waals surface area contributed by atoms with Gasteiger partial charge in [-0.15, -0.1) is 0 Å². The van der Waals surface area contributed by atoms with E-state index >= 15 is 0 Å². The Kier molecular flexibility index (Phi) is 1.49. The lowest BCUT2D eigenvalue weighted by molar-refractivity contribution is -0.125. The Bertz CT molecular complexity index is 261. The van der Waals surface area contributed by atoms with Crippen LogP contribution < -0.4 is 16.0 Å². The lowest BCUT2D eigenvalue weighted by Crippen LogP contribution is -2.60. The number of carbonyl (C=O) groups excluding carboxylic acids is 2. The molecule has 1 saturated heterocycles. The lowest BCUT2D eigenvalue weighted by Gasteiger charge is -2.31. The second kappa shape index (κ2) is 2.51. The van der Waals surface area contributed by atoms with E-state index in [0.717, 1.165) is 0 Å². The number of carbonyl (C=O) groups is 2. The van der Waals surface area contributed by atoms with E-state index in [0.29, 0.717) is 6.54 Å². The first kappa shape index (κ1) is 7.15. The van der Waals surface area contributed by atoms with E-state index in [1.165, 1.54) is 0 Å². The number of fused-ring (bicyclic) bond motifs is 1. The first-order valence-electron chi connectivity index (χ1n) is 3.79. The van der Waals surface area contributed by atoms with Crippen molar-refractivity contribution in [3.8, 4) is 0 Å². The number of imide groups is 1. The van der Waals surface area contributed by atoms with E-state index in [-0.39, 0.29) is 17.9 Å². The highest BCUT2D eigenvalue weighted by atomic mass is 16.2. The first-order chi connectivity index (χ1) is 5.77. The molecule has 0 bridgehead atoms. The van der Waals surface area contributed by atoms with Gasteiger partial charge in [-0.1, -0.05) is 0 Å². The first-order valence-corrected chi connectivity index (χ1v) is 3.79. The Labute approximate surface area is 69.2 Å². The minimum atomic E-state index is -0.409. The van der Waals surface area contributed by atoms with Gasteiger partial charge >= 0.3 is 6.03 Å². The smallest absolute Gasteiger partial charge is 0.321 e. The van der Waals surface area contributed by atoms with Gasteiger partial charge in [-0.2, -0.15) is 0 Å². The van der Waals surface area contributed by atoms with E-state index in [1.807, 2.05) is 0 Å². The minimum absolute atomic E-state index is 0.146. The van der Waals surface area contributed by atoms with Crippen molar-refractivity contribution in [2.45, 2.75) is 6.04 Å². The standard InChI is InChI=1S/C7H9N3O2/c11-6-4-3-8-2-1-5(4)9-7(12)10-6/h1-2,4-5,8H,3H2,(H2,9,10,11,12). The predicted molar refractivity (Wildman–Crippen MR) is 41.1 cm³/mol. The molecule has 0 aromatic rings. The van der Waals surface area contributed by atoms with Crippen LogP contribution in [0, 0.1) is 5.92 Å². The zero-order valence-corrected chi connectivity index (χ0v) is 6.33. The third-order valence-electron chi connectivity index (χ3n) is 2.06. The molecule has 0 radical (unpaired) electrons. The Hall–Kier alpha value is -1.52. The van der Waals surface area contributed by atoms with Crippen molar-refractivity contribution in [2.24, 2.45) is 5.92 Å². The number of rotatable bonds is 0. The van der Waals surface area contributed by atoms with E-state index in [4.69, 9.17) is 0 Å². The summed E-state index contributed by atoms with van der Waals surface area (Å²) in [5, 5.41) is 7.80. The van der Waals surface area contributed by atoms with Crippen LogP contribution in [0.25, 0.3) is 0 Å². The number of amides is 3. The van der Waals surface area contributed by atoms with E-state index in [9.17, 15) is 9.59 Å². The van der Waals surface area contributed by atoms with Gasteiger partial charge in [-0.05, 0) is 12.3 Å². The molecule has 0 spiro atoms. The van der Waals surface area contributed by atoms with Crippen molar-refractivity contribution in [2.75, 3.05) is 6.54 Å². The Morgan fingerprint density at radius 2 is 2.25 bits per heavy atom. The molecule has 64 valence electrons. The Morgan fingerprint density at radius 1 is 1.42 bits per heavy atom. The summed E-state index contributed by atoms with van der Waals surface area (Å²) in [4.78, 5) is 22.0. The van der Waals surface area contributed by atoms with E-state index in [2.05, 4.69) is 16.0 Å². The highest BCUT2D eigenvalue weighted by Gasteiger charge is 2.34. The average Bonchev–Trinajstić information content (AvgIpc) is 2.04. The molecule has 3 N–H and O–H groups in total. The van der Waals surface area contributed by atoms with Crippen LogP contribution >= 0.6 is 0 Å². The molecule has 0 aromatic carbocycles. The predicted octanol–water partition coefficient (Wildman–Crippen LogP) is -1.07. The molecule has 2 aliphatic rings. The molecule has 0 aromatic heterocycles. The molecule has 1 fully saturated rings. The van der Waals surface area contributed by atoms with E-state index in [1.54, 1.807) is 12.3 Å². The van der Waals surface area contributed by atoms with Crippen LogP contribution in [0.15, 0.2) is 12.3 Å². The fourth-order valence-corrected chi connectivity index (χ4v) is 1.42. The van der Waals surface area contributed by atoms with Gasteiger partial charge in [0.2, 0.25) is 5.91 Å². The van der Waals surface area contributed by atoms with Crippen LogP contribution in [0.1, 0.15) is 0 Å². The fourth-order valence-electron chi connectivity index (χ4n) is 1.42. The molecule has 2 unspecified atom stereocenters. The minimum Gasteiger partial charge on any atom is -0.390 e. The molecule has 12 heavy (non-hydrogen) atoms. The molecule has 2 aliphatic heterocycles. The molecule has 2 atom stereocenters. The summed E-state index contributed by atoms with van der Waals surface area (Å²) in [6, 6.07) is -0.555. The van der Waals surface area contributed by atoms with Gasteiger partial charge < -0.3 is 10.6 Å². The van der Waals surface area contributed by atoms with Crippen molar-refractivity contribution >= 4 is 11.9 Å². The Balaban J connectivity index is 2.20. The van der Waals surface area contributed by atoms with Gasteiger partial charge in [0.05, 0.1) is 12.0 Å². The van der Waals surface area contributed by atoms with Crippen molar-refractivity contribution in [3.05, 3.63) is 12.3 Å². The SMILES string of the molecule is O=C1NC(=O)C2CNC=CC2N1. The zero-order chi connectivity index (χ0) is 8.55. The van der Waals surface area contributed by atoms with Crippen molar-refractivity contribution in [3.63, 3.8) is 0 Å². The molecule has 0 saturated carbocycles. The third kappa shape index (κ3) is 1.03. The number of hydrogen-bond acceptors (Lipinski definition) is 3. The summed E-state index contributed by atoms with van der Waals surface area (Å²) in [6.45, 7) is 0.577. The number of nitrogens with one attached hydrogen (secondary N) is 3. The van der Waals surface area contributed by atoms with Gasteiger partial charge in [-0.3, -0.25) is 10.1 Å². The summed E-state index contributed by atoms with van der Waals surface area (Å²) in [6.07, 6.45) is 3.53. The molecular weight excluding hydrogens is 158 g/mol. The molecule has 2 rings (SSSR count). The highest BCUT2D eigenvalue weighted by Crippen LogP contribution is 2.11. The van der Waals surface area contributed by atoms with Crippen molar-refractivity contribution < 1.29 is 9.59 Å². The molecule has 3 amide bonds. The molecule has 5 nitrogen and oxygen atoms in total. The van der Waals surface area contributed by atoms with Gasteiger partial charge in [0.1, 0.15) is 0 Å². The second-order valence-corrected chi connectivity index (χ2v) is 2.86. The number of urea groups is 1.